The van der Waals surface area contributed by atoms with Gasteiger partial charge in [-0.1, -0.05) is 6.07 Å². The van der Waals surface area contributed by atoms with Gasteiger partial charge in [0.25, 0.3) is 0 Å². The lowest BCUT2D eigenvalue weighted by Gasteiger charge is -2.06. The highest BCUT2D eigenvalue weighted by molar-refractivity contribution is 5.75. The van der Waals surface area contributed by atoms with Crippen molar-refractivity contribution in [1.29, 1.82) is 0 Å². The van der Waals surface area contributed by atoms with E-state index in [1.54, 1.807) is 6.20 Å². The van der Waals surface area contributed by atoms with Crippen LogP contribution in [0.2, 0.25) is 0 Å². The minimum absolute atomic E-state index is 0.0471. The number of aryl methyl sites for hydroxylation is 1. The minimum atomic E-state index is -0.0471. The summed E-state index contributed by atoms with van der Waals surface area (Å²) < 4.78 is 0. The third-order valence-electron chi connectivity index (χ3n) is 2.13. The molecule has 0 radical (unpaired) electrons. The van der Waals surface area contributed by atoms with Crippen molar-refractivity contribution < 1.29 is 9.90 Å². The van der Waals surface area contributed by atoms with Crippen LogP contribution in [-0.2, 0) is 11.3 Å². The number of pyridine rings is 1. The molecule has 1 rings (SSSR count). The van der Waals surface area contributed by atoms with Crippen molar-refractivity contribution in [2.24, 2.45) is 0 Å². The number of carbonyl (C=O) groups excluding carboxylic acids is 1. The van der Waals surface area contributed by atoms with Crippen LogP contribution in [0.5, 0.6) is 0 Å². The third-order valence-corrected chi connectivity index (χ3v) is 2.13. The molecule has 1 amide bonds. The summed E-state index contributed by atoms with van der Waals surface area (Å²) in [5.41, 5.74) is 1.95. The summed E-state index contributed by atoms with van der Waals surface area (Å²) in [7, 11) is 0. The van der Waals surface area contributed by atoms with Gasteiger partial charge in [0.2, 0.25) is 5.91 Å². The Balaban J connectivity index is 2.37. The first-order chi connectivity index (χ1) is 7.24. The van der Waals surface area contributed by atoms with Crippen molar-refractivity contribution in [2.75, 3.05) is 6.61 Å². The number of hydrogen-bond acceptors (Lipinski definition) is 3. The summed E-state index contributed by atoms with van der Waals surface area (Å²) in [5, 5.41) is 11.3. The molecule has 1 aromatic rings. The van der Waals surface area contributed by atoms with Crippen LogP contribution in [0.4, 0.5) is 0 Å². The molecular weight excluding hydrogens is 192 g/mol. The van der Waals surface area contributed by atoms with E-state index in [0.717, 1.165) is 11.3 Å². The quantitative estimate of drug-likeness (QED) is 0.751. The Morgan fingerprint density at radius 1 is 1.60 bits per heavy atom. The Morgan fingerprint density at radius 3 is 3.07 bits per heavy atom. The number of rotatable bonds is 5. The van der Waals surface area contributed by atoms with Crippen molar-refractivity contribution in [3.63, 3.8) is 0 Å². The van der Waals surface area contributed by atoms with Gasteiger partial charge in [-0.2, -0.15) is 0 Å². The average molecular weight is 208 g/mol. The van der Waals surface area contributed by atoms with Crippen molar-refractivity contribution in [3.05, 3.63) is 29.6 Å². The second kappa shape index (κ2) is 6.14. The third kappa shape index (κ3) is 4.08. The van der Waals surface area contributed by atoms with Gasteiger partial charge in [0.15, 0.2) is 0 Å². The number of aliphatic hydroxyl groups excluding tert-OH is 1. The monoisotopic (exact) mass is 208 g/mol. The summed E-state index contributed by atoms with van der Waals surface area (Å²) in [6.07, 6.45) is 2.58. The van der Waals surface area contributed by atoms with Gasteiger partial charge in [-0.05, 0) is 25.0 Å². The molecule has 15 heavy (non-hydrogen) atoms. The maximum absolute atomic E-state index is 11.2. The van der Waals surface area contributed by atoms with E-state index in [0.29, 0.717) is 19.4 Å². The number of carbonyl (C=O) groups is 1. The molecule has 0 unspecified atom stereocenters. The molecule has 82 valence electrons. The maximum Gasteiger partial charge on any atom is 0.220 e. The van der Waals surface area contributed by atoms with Crippen LogP contribution in [-0.4, -0.2) is 22.6 Å². The summed E-state index contributed by atoms with van der Waals surface area (Å²) in [5.74, 6) is -0.0471. The molecule has 0 aliphatic rings. The molecule has 0 fully saturated rings. The summed E-state index contributed by atoms with van der Waals surface area (Å²) in [6, 6.07) is 3.83. The van der Waals surface area contributed by atoms with Crippen molar-refractivity contribution in [3.8, 4) is 0 Å². The molecule has 0 bridgehead atoms. The summed E-state index contributed by atoms with van der Waals surface area (Å²) >= 11 is 0. The van der Waals surface area contributed by atoms with Crippen LogP contribution in [0.25, 0.3) is 0 Å². The standard InChI is InChI=1S/C11H16N2O2/c1-9-4-2-6-12-10(9)8-13-11(15)5-3-7-14/h2,4,6,14H,3,5,7-8H2,1H3,(H,13,15). The molecule has 1 aromatic heterocycles. The van der Waals surface area contributed by atoms with Crippen molar-refractivity contribution in [1.82, 2.24) is 10.3 Å². The van der Waals surface area contributed by atoms with Gasteiger partial charge >= 0.3 is 0 Å². The van der Waals surface area contributed by atoms with E-state index in [-0.39, 0.29) is 12.5 Å². The summed E-state index contributed by atoms with van der Waals surface area (Å²) in [4.78, 5) is 15.4. The van der Waals surface area contributed by atoms with E-state index in [1.807, 2.05) is 19.1 Å². The largest absolute Gasteiger partial charge is 0.396 e. The second-order valence-electron chi connectivity index (χ2n) is 3.37. The Labute approximate surface area is 89.3 Å². The van der Waals surface area contributed by atoms with Crippen LogP contribution in [0.1, 0.15) is 24.1 Å². The van der Waals surface area contributed by atoms with Crippen LogP contribution in [0.15, 0.2) is 18.3 Å². The maximum atomic E-state index is 11.2. The zero-order valence-corrected chi connectivity index (χ0v) is 8.86. The van der Waals surface area contributed by atoms with Crippen LogP contribution < -0.4 is 5.32 Å². The highest BCUT2D eigenvalue weighted by Crippen LogP contribution is 2.02. The highest BCUT2D eigenvalue weighted by Gasteiger charge is 2.02. The Morgan fingerprint density at radius 2 is 2.40 bits per heavy atom. The lowest BCUT2D eigenvalue weighted by molar-refractivity contribution is -0.121. The van der Waals surface area contributed by atoms with E-state index in [4.69, 9.17) is 5.11 Å². The molecule has 4 heteroatoms. The second-order valence-corrected chi connectivity index (χ2v) is 3.37. The predicted molar refractivity (Wildman–Crippen MR) is 57.1 cm³/mol. The summed E-state index contributed by atoms with van der Waals surface area (Å²) in [6.45, 7) is 2.47. The number of hydrogen-bond donors (Lipinski definition) is 2. The fourth-order valence-corrected chi connectivity index (χ4v) is 1.21. The van der Waals surface area contributed by atoms with Gasteiger partial charge in [-0.15, -0.1) is 0 Å². The molecule has 0 aromatic carbocycles. The van der Waals surface area contributed by atoms with E-state index in [2.05, 4.69) is 10.3 Å². The number of aliphatic hydroxyl groups is 1. The van der Waals surface area contributed by atoms with Gasteiger partial charge in [0.05, 0.1) is 12.2 Å². The Kier molecular flexibility index (Phi) is 4.77. The molecule has 0 spiro atoms. The van der Waals surface area contributed by atoms with Gasteiger partial charge in [-0.25, -0.2) is 0 Å². The minimum Gasteiger partial charge on any atom is -0.396 e. The van der Waals surface area contributed by atoms with Crippen LogP contribution >= 0.6 is 0 Å². The van der Waals surface area contributed by atoms with Crippen LogP contribution in [0, 0.1) is 6.92 Å². The molecule has 1 heterocycles. The SMILES string of the molecule is Cc1cccnc1CNC(=O)CCCO. The first-order valence-electron chi connectivity index (χ1n) is 5.02. The fourth-order valence-electron chi connectivity index (χ4n) is 1.21. The molecule has 0 aliphatic carbocycles. The van der Waals surface area contributed by atoms with Crippen molar-refractivity contribution in [2.45, 2.75) is 26.3 Å². The van der Waals surface area contributed by atoms with Gasteiger partial charge in [-0.3, -0.25) is 9.78 Å². The van der Waals surface area contributed by atoms with E-state index in [9.17, 15) is 4.79 Å². The smallest absolute Gasteiger partial charge is 0.220 e. The van der Waals surface area contributed by atoms with Crippen LogP contribution in [0.3, 0.4) is 0 Å². The fraction of sp³-hybridized carbons (Fsp3) is 0.455. The average Bonchev–Trinajstić information content (AvgIpc) is 2.25. The first-order valence-corrected chi connectivity index (χ1v) is 5.02. The van der Waals surface area contributed by atoms with E-state index >= 15 is 0 Å². The first kappa shape index (κ1) is 11.7. The Bertz CT molecular complexity index is 326. The zero-order valence-electron chi connectivity index (χ0n) is 8.86. The molecule has 2 N–H and O–H groups in total. The lowest BCUT2D eigenvalue weighted by Crippen LogP contribution is -2.23. The van der Waals surface area contributed by atoms with Gasteiger partial charge < -0.3 is 10.4 Å². The number of amides is 1. The zero-order chi connectivity index (χ0) is 11.1. The predicted octanol–water partition coefficient (Wildman–Crippen LogP) is 0.779. The lowest BCUT2D eigenvalue weighted by atomic mass is 10.2. The topological polar surface area (TPSA) is 62.2 Å². The normalized spacial score (nSPS) is 10.0. The molecule has 0 atom stereocenters. The van der Waals surface area contributed by atoms with E-state index in [1.165, 1.54) is 0 Å². The van der Waals surface area contributed by atoms with E-state index < -0.39 is 0 Å². The number of aromatic nitrogens is 1. The van der Waals surface area contributed by atoms with Crippen molar-refractivity contribution >= 4 is 5.91 Å². The molecular formula is C11H16N2O2. The molecule has 4 nitrogen and oxygen atoms in total. The van der Waals surface area contributed by atoms with Gasteiger partial charge in [0, 0.05) is 19.2 Å². The number of nitrogens with one attached hydrogen (secondary N) is 1. The molecule has 0 aliphatic heterocycles. The highest BCUT2D eigenvalue weighted by atomic mass is 16.3. The Hall–Kier alpha value is -1.42. The molecule has 0 saturated carbocycles. The molecule has 0 saturated heterocycles. The van der Waals surface area contributed by atoms with Gasteiger partial charge in [0.1, 0.15) is 0 Å². The number of nitrogens with zero attached hydrogens (tertiary/aromatic N) is 1.